The van der Waals surface area contributed by atoms with Gasteiger partial charge in [-0.25, -0.2) is 0 Å². The molecule has 7 heteroatoms. The average molecular weight is 264 g/mol. The van der Waals surface area contributed by atoms with E-state index >= 15 is 0 Å². The number of nitro groups is 1. The fourth-order valence-corrected chi connectivity index (χ4v) is 1.90. The number of nitro benzene ring substituents is 1. The molecule has 0 aliphatic carbocycles. The zero-order valence-electron chi connectivity index (χ0n) is 10.2. The zero-order valence-corrected chi connectivity index (χ0v) is 10.2. The number of hydrogen-bond donors (Lipinski definition) is 0. The lowest BCUT2D eigenvalue weighted by molar-refractivity contribution is -0.386. The van der Waals surface area contributed by atoms with E-state index in [0.29, 0.717) is 19.3 Å². The van der Waals surface area contributed by atoms with Crippen LogP contribution in [0.1, 0.15) is 16.8 Å². The van der Waals surface area contributed by atoms with Crippen LogP contribution in [0.25, 0.3) is 0 Å². The van der Waals surface area contributed by atoms with Crippen molar-refractivity contribution in [1.29, 1.82) is 0 Å². The number of nitrogens with zero attached hydrogens (tertiary/aromatic N) is 2. The molecule has 1 aromatic rings. The van der Waals surface area contributed by atoms with Crippen molar-refractivity contribution in [1.82, 2.24) is 4.90 Å². The van der Waals surface area contributed by atoms with Crippen LogP contribution in [-0.4, -0.2) is 41.7 Å². The van der Waals surface area contributed by atoms with Crippen molar-refractivity contribution in [2.45, 2.75) is 12.5 Å². The number of rotatable bonds is 4. The van der Waals surface area contributed by atoms with Gasteiger partial charge in [0.05, 0.1) is 4.92 Å². The summed E-state index contributed by atoms with van der Waals surface area (Å²) in [6.07, 6.45) is 0.304. The Morgan fingerprint density at radius 2 is 2.26 bits per heavy atom. The molecule has 1 aliphatic rings. The van der Waals surface area contributed by atoms with Gasteiger partial charge in [-0.2, -0.15) is 0 Å². The number of benzene rings is 1. The SMILES string of the molecule is CN1CCC(Oc2ccc(C=O)cc2[N+](=O)[O-])C1=O. The van der Waals surface area contributed by atoms with Gasteiger partial charge in [-0.3, -0.25) is 19.7 Å². The molecule has 19 heavy (non-hydrogen) atoms. The van der Waals surface area contributed by atoms with Crippen LogP contribution in [0.5, 0.6) is 5.75 Å². The molecule has 1 aromatic carbocycles. The quantitative estimate of drug-likeness (QED) is 0.460. The smallest absolute Gasteiger partial charge is 0.311 e. The summed E-state index contributed by atoms with van der Waals surface area (Å²) in [6.45, 7) is 0.559. The normalized spacial score (nSPS) is 18.5. The second kappa shape index (κ2) is 5.05. The van der Waals surface area contributed by atoms with Crippen LogP contribution in [0.2, 0.25) is 0 Å². The molecule has 0 aromatic heterocycles. The predicted molar refractivity (Wildman–Crippen MR) is 65.2 cm³/mol. The first-order chi connectivity index (χ1) is 9.02. The van der Waals surface area contributed by atoms with Crippen LogP contribution in [0, 0.1) is 10.1 Å². The third-order valence-electron chi connectivity index (χ3n) is 2.96. The van der Waals surface area contributed by atoms with Crippen LogP contribution in [-0.2, 0) is 4.79 Å². The minimum absolute atomic E-state index is 0.00394. The van der Waals surface area contributed by atoms with Crippen LogP contribution in [0.3, 0.4) is 0 Å². The van der Waals surface area contributed by atoms with Crippen molar-refractivity contribution in [3.05, 3.63) is 33.9 Å². The Balaban J connectivity index is 2.27. The summed E-state index contributed by atoms with van der Waals surface area (Å²) in [5.41, 5.74) is -0.124. The van der Waals surface area contributed by atoms with Crippen LogP contribution in [0.15, 0.2) is 18.2 Å². The van der Waals surface area contributed by atoms with Crippen molar-refractivity contribution in [2.24, 2.45) is 0 Å². The van der Waals surface area contributed by atoms with Gasteiger partial charge in [-0.15, -0.1) is 0 Å². The Labute approximate surface area is 108 Å². The molecule has 1 heterocycles. The van der Waals surface area contributed by atoms with Gasteiger partial charge >= 0.3 is 5.69 Å². The lowest BCUT2D eigenvalue weighted by Crippen LogP contribution is -2.29. The molecule has 1 atom stereocenters. The molecule has 1 aliphatic heterocycles. The third-order valence-corrected chi connectivity index (χ3v) is 2.96. The Hall–Kier alpha value is -2.44. The van der Waals surface area contributed by atoms with Crippen molar-refractivity contribution in [3.63, 3.8) is 0 Å². The van der Waals surface area contributed by atoms with Gasteiger partial charge in [-0.05, 0) is 12.1 Å². The Bertz CT molecular complexity index is 543. The van der Waals surface area contributed by atoms with Gasteiger partial charge in [0.1, 0.15) is 6.29 Å². The van der Waals surface area contributed by atoms with Crippen LogP contribution >= 0.6 is 0 Å². The summed E-state index contributed by atoms with van der Waals surface area (Å²) in [5, 5.41) is 10.9. The fourth-order valence-electron chi connectivity index (χ4n) is 1.90. The number of carbonyl (C=O) groups is 2. The van der Waals surface area contributed by atoms with E-state index < -0.39 is 11.0 Å². The van der Waals surface area contributed by atoms with E-state index in [2.05, 4.69) is 0 Å². The molecule has 2 rings (SSSR count). The summed E-state index contributed by atoms with van der Waals surface area (Å²) < 4.78 is 5.40. The molecule has 0 spiro atoms. The first-order valence-corrected chi connectivity index (χ1v) is 5.68. The second-order valence-electron chi connectivity index (χ2n) is 4.26. The van der Waals surface area contributed by atoms with E-state index in [1.165, 1.54) is 17.0 Å². The van der Waals surface area contributed by atoms with Crippen LogP contribution < -0.4 is 4.74 Å². The van der Waals surface area contributed by atoms with E-state index in [1.807, 2.05) is 0 Å². The van der Waals surface area contributed by atoms with Gasteiger partial charge in [0.2, 0.25) is 0 Å². The molecular weight excluding hydrogens is 252 g/mol. The molecule has 7 nitrogen and oxygen atoms in total. The average Bonchev–Trinajstić information content (AvgIpc) is 2.71. The van der Waals surface area contributed by atoms with Crippen LogP contribution in [0.4, 0.5) is 5.69 Å². The standard InChI is InChI=1S/C12H12N2O5/c1-13-5-4-11(12(13)16)19-10-3-2-8(7-15)6-9(10)14(17)18/h2-3,6-7,11H,4-5H2,1H3. The summed E-state index contributed by atoms with van der Waals surface area (Å²) in [6, 6.07) is 3.89. The van der Waals surface area contributed by atoms with Gasteiger partial charge in [0, 0.05) is 31.6 Å². The molecule has 1 amide bonds. The molecule has 100 valence electrons. The molecular formula is C12H12N2O5. The Morgan fingerprint density at radius 3 is 2.79 bits per heavy atom. The summed E-state index contributed by atoms with van der Waals surface area (Å²) in [4.78, 5) is 34.1. The van der Waals surface area contributed by atoms with E-state index in [-0.39, 0.29) is 22.9 Å². The second-order valence-corrected chi connectivity index (χ2v) is 4.26. The summed E-state index contributed by atoms with van der Waals surface area (Å²) in [5.74, 6) is -0.196. The predicted octanol–water partition coefficient (Wildman–Crippen LogP) is 1.02. The van der Waals surface area contributed by atoms with Gasteiger partial charge in [-0.1, -0.05) is 0 Å². The molecule has 1 fully saturated rings. The minimum Gasteiger partial charge on any atom is -0.473 e. The lowest BCUT2D eigenvalue weighted by Gasteiger charge is -2.13. The Morgan fingerprint density at radius 1 is 1.53 bits per heavy atom. The van der Waals surface area contributed by atoms with Gasteiger partial charge < -0.3 is 9.64 Å². The number of hydrogen-bond acceptors (Lipinski definition) is 5. The topological polar surface area (TPSA) is 89.8 Å². The highest BCUT2D eigenvalue weighted by Crippen LogP contribution is 2.30. The zero-order chi connectivity index (χ0) is 14.0. The number of aldehydes is 1. The number of likely N-dealkylation sites (N-methyl/N-ethyl adjacent to an activating group) is 1. The van der Waals surface area contributed by atoms with Gasteiger partial charge in [0.25, 0.3) is 5.91 Å². The molecule has 0 N–H and O–H groups in total. The summed E-state index contributed by atoms with van der Waals surface area (Å²) in [7, 11) is 1.65. The fraction of sp³-hybridized carbons (Fsp3) is 0.333. The number of likely N-dealkylation sites (tertiary alicyclic amines) is 1. The maximum Gasteiger partial charge on any atom is 0.311 e. The van der Waals surface area contributed by atoms with E-state index in [4.69, 9.17) is 4.74 Å². The number of carbonyl (C=O) groups excluding carboxylic acids is 2. The van der Waals surface area contributed by atoms with Crippen molar-refractivity contribution < 1.29 is 19.2 Å². The first-order valence-electron chi connectivity index (χ1n) is 5.68. The van der Waals surface area contributed by atoms with E-state index in [9.17, 15) is 19.7 Å². The Kier molecular flexibility index (Phi) is 3.46. The summed E-state index contributed by atoms with van der Waals surface area (Å²) >= 11 is 0. The maximum absolute atomic E-state index is 11.7. The largest absolute Gasteiger partial charge is 0.473 e. The highest BCUT2D eigenvalue weighted by molar-refractivity contribution is 5.83. The molecule has 1 unspecified atom stereocenters. The molecule has 0 saturated carbocycles. The molecule has 1 saturated heterocycles. The third kappa shape index (κ3) is 2.54. The first kappa shape index (κ1) is 13.0. The lowest BCUT2D eigenvalue weighted by atomic mass is 10.2. The maximum atomic E-state index is 11.7. The number of ether oxygens (including phenoxy) is 1. The highest BCUT2D eigenvalue weighted by Gasteiger charge is 2.32. The monoisotopic (exact) mass is 264 g/mol. The minimum atomic E-state index is -0.703. The number of amides is 1. The highest BCUT2D eigenvalue weighted by atomic mass is 16.6. The van der Waals surface area contributed by atoms with Crippen molar-refractivity contribution in [3.8, 4) is 5.75 Å². The van der Waals surface area contributed by atoms with Gasteiger partial charge in [0.15, 0.2) is 11.9 Å². The molecule has 0 bridgehead atoms. The van der Waals surface area contributed by atoms with Crippen molar-refractivity contribution >= 4 is 17.9 Å². The van der Waals surface area contributed by atoms with E-state index in [0.717, 1.165) is 6.07 Å². The molecule has 0 radical (unpaired) electrons. The van der Waals surface area contributed by atoms with E-state index in [1.54, 1.807) is 7.05 Å². The van der Waals surface area contributed by atoms with Crippen molar-refractivity contribution in [2.75, 3.05) is 13.6 Å².